The number of hydrogen-bond acceptors (Lipinski definition) is 4. The predicted octanol–water partition coefficient (Wildman–Crippen LogP) is 1.41. The Labute approximate surface area is 97.4 Å². The van der Waals surface area contributed by atoms with Gasteiger partial charge in [0.2, 0.25) is 0 Å². The van der Waals surface area contributed by atoms with E-state index in [0.29, 0.717) is 5.56 Å². The summed E-state index contributed by atoms with van der Waals surface area (Å²) in [6.07, 6.45) is 0. The number of rotatable bonds is 1. The van der Waals surface area contributed by atoms with E-state index in [2.05, 4.69) is 10.1 Å². The van der Waals surface area contributed by atoms with Gasteiger partial charge in [0.25, 0.3) is 5.91 Å². The van der Waals surface area contributed by atoms with Crippen LogP contribution in [0.25, 0.3) is 0 Å². The normalized spacial score (nSPS) is 23.2. The maximum atomic E-state index is 11.8. The van der Waals surface area contributed by atoms with Gasteiger partial charge in [0.1, 0.15) is 0 Å². The van der Waals surface area contributed by atoms with Gasteiger partial charge in [-0.05, 0) is 19.1 Å². The number of carbonyl (C=O) groups is 2. The Morgan fingerprint density at radius 3 is 2.81 bits per heavy atom. The summed E-state index contributed by atoms with van der Waals surface area (Å²) < 4.78 is 4.68. The SMILES string of the molecule is COC(=O)C1(C)NC(=O)c2ccccc2S1. The number of thioether (sulfide) groups is 1. The van der Waals surface area contributed by atoms with Crippen molar-refractivity contribution in [1.29, 1.82) is 0 Å². The molecule has 1 aliphatic rings. The van der Waals surface area contributed by atoms with Crippen LogP contribution in [-0.2, 0) is 9.53 Å². The molecule has 1 heterocycles. The van der Waals surface area contributed by atoms with Crippen molar-refractivity contribution in [2.24, 2.45) is 0 Å². The molecule has 1 aromatic rings. The molecule has 16 heavy (non-hydrogen) atoms. The van der Waals surface area contributed by atoms with E-state index in [4.69, 9.17) is 0 Å². The summed E-state index contributed by atoms with van der Waals surface area (Å²) in [5.74, 6) is -0.706. The Morgan fingerprint density at radius 1 is 1.44 bits per heavy atom. The first-order valence-corrected chi connectivity index (χ1v) is 5.57. The highest BCUT2D eigenvalue weighted by atomic mass is 32.2. The number of carbonyl (C=O) groups excluding carboxylic acids is 2. The van der Waals surface area contributed by atoms with Gasteiger partial charge in [0.15, 0.2) is 4.87 Å². The molecule has 1 atom stereocenters. The number of methoxy groups -OCH3 is 1. The standard InChI is InChI=1S/C11H11NO3S/c1-11(10(14)15-2)12-9(13)7-5-3-4-6-8(7)16-11/h3-6H,1-2H3,(H,12,13). The van der Waals surface area contributed by atoms with Crippen LogP contribution in [0.4, 0.5) is 0 Å². The molecule has 0 saturated heterocycles. The molecule has 0 spiro atoms. The van der Waals surface area contributed by atoms with Crippen LogP contribution in [0.3, 0.4) is 0 Å². The van der Waals surface area contributed by atoms with Gasteiger partial charge in [-0.25, -0.2) is 4.79 Å². The average molecular weight is 237 g/mol. The van der Waals surface area contributed by atoms with Crippen molar-refractivity contribution in [3.05, 3.63) is 29.8 Å². The van der Waals surface area contributed by atoms with Crippen LogP contribution in [0.5, 0.6) is 0 Å². The summed E-state index contributed by atoms with van der Waals surface area (Å²) in [4.78, 5) is 23.1. The highest BCUT2D eigenvalue weighted by molar-refractivity contribution is 8.01. The highest BCUT2D eigenvalue weighted by Crippen LogP contribution is 2.37. The largest absolute Gasteiger partial charge is 0.467 e. The Morgan fingerprint density at radius 2 is 2.12 bits per heavy atom. The van der Waals surface area contributed by atoms with Crippen molar-refractivity contribution in [1.82, 2.24) is 5.32 Å². The van der Waals surface area contributed by atoms with Crippen LogP contribution in [0.1, 0.15) is 17.3 Å². The predicted molar refractivity (Wildman–Crippen MR) is 60.2 cm³/mol. The van der Waals surface area contributed by atoms with Gasteiger partial charge in [-0.3, -0.25) is 4.79 Å². The van der Waals surface area contributed by atoms with Crippen LogP contribution in [0.2, 0.25) is 0 Å². The maximum Gasteiger partial charge on any atom is 0.342 e. The molecule has 84 valence electrons. The summed E-state index contributed by atoms with van der Waals surface area (Å²) >= 11 is 1.29. The van der Waals surface area contributed by atoms with Crippen molar-refractivity contribution in [3.8, 4) is 0 Å². The van der Waals surface area contributed by atoms with Gasteiger partial charge in [0, 0.05) is 4.90 Å². The molecule has 0 bridgehead atoms. The highest BCUT2D eigenvalue weighted by Gasteiger charge is 2.41. The second kappa shape index (κ2) is 3.83. The van der Waals surface area contributed by atoms with Gasteiger partial charge in [-0.1, -0.05) is 23.9 Å². The lowest BCUT2D eigenvalue weighted by Crippen LogP contribution is -2.52. The van der Waals surface area contributed by atoms with E-state index >= 15 is 0 Å². The summed E-state index contributed by atoms with van der Waals surface area (Å²) in [6, 6.07) is 7.18. The van der Waals surface area contributed by atoms with E-state index in [9.17, 15) is 9.59 Å². The maximum absolute atomic E-state index is 11.8. The zero-order chi connectivity index (χ0) is 11.8. The number of esters is 1. The third-order valence-corrected chi connectivity index (χ3v) is 3.63. The lowest BCUT2D eigenvalue weighted by atomic mass is 10.2. The Bertz CT molecular complexity index is 460. The second-order valence-electron chi connectivity index (χ2n) is 3.58. The molecule has 0 saturated carbocycles. The molecule has 0 radical (unpaired) electrons. The molecular weight excluding hydrogens is 226 g/mol. The van der Waals surface area contributed by atoms with E-state index in [1.807, 2.05) is 12.1 Å². The lowest BCUT2D eigenvalue weighted by molar-refractivity contribution is -0.143. The molecule has 4 nitrogen and oxygen atoms in total. The van der Waals surface area contributed by atoms with E-state index in [1.54, 1.807) is 19.1 Å². The smallest absolute Gasteiger partial charge is 0.342 e. The molecule has 1 aliphatic heterocycles. The summed E-state index contributed by atoms with van der Waals surface area (Å²) in [5.41, 5.74) is 0.592. The number of fused-ring (bicyclic) bond motifs is 1. The fourth-order valence-electron chi connectivity index (χ4n) is 1.56. The van der Waals surface area contributed by atoms with Gasteiger partial charge < -0.3 is 10.1 Å². The third kappa shape index (κ3) is 1.67. The van der Waals surface area contributed by atoms with Crippen molar-refractivity contribution in [2.45, 2.75) is 16.7 Å². The Balaban J connectivity index is 2.41. The summed E-state index contributed by atoms with van der Waals surface area (Å²) in [5, 5.41) is 2.65. The molecule has 2 rings (SSSR count). The average Bonchev–Trinajstić information content (AvgIpc) is 2.27. The molecule has 1 aromatic carbocycles. The van der Waals surface area contributed by atoms with Crippen molar-refractivity contribution >= 4 is 23.6 Å². The lowest BCUT2D eigenvalue weighted by Gasteiger charge is -2.31. The van der Waals surface area contributed by atoms with Crippen LogP contribution in [0, 0.1) is 0 Å². The minimum absolute atomic E-state index is 0.248. The topological polar surface area (TPSA) is 55.4 Å². The van der Waals surface area contributed by atoms with Gasteiger partial charge in [-0.2, -0.15) is 0 Å². The minimum atomic E-state index is -1.04. The first kappa shape index (κ1) is 11.0. The van der Waals surface area contributed by atoms with E-state index < -0.39 is 10.8 Å². The van der Waals surface area contributed by atoms with Crippen molar-refractivity contribution < 1.29 is 14.3 Å². The molecule has 1 N–H and O–H groups in total. The third-order valence-electron chi connectivity index (χ3n) is 2.37. The zero-order valence-corrected chi connectivity index (χ0v) is 9.76. The summed E-state index contributed by atoms with van der Waals surface area (Å²) in [6.45, 7) is 1.64. The van der Waals surface area contributed by atoms with Crippen molar-refractivity contribution in [2.75, 3.05) is 7.11 Å². The number of hydrogen-bond donors (Lipinski definition) is 1. The van der Waals surface area contributed by atoms with E-state index in [0.717, 1.165) is 4.90 Å². The molecule has 5 heteroatoms. The minimum Gasteiger partial charge on any atom is -0.467 e. The van der Waals surface area contributed by atoms with Crippen LogP contribution in [0.15, 0.2) is 29.2 Å². The number of amides is 1. The quantitative estimate of drug-likeness (QED) is 0.750. The van der Waals surface area contributed by atoms with Gasteiger partial charge in [-0.15, -0.1) is 0 Å². The summed E-state index contributed by atoms with van der Waals surface area (Å²) in [7, 11) is 1.31. The molecule has 0 aliphatic carbocycles. The fraction of sp³-hybridized carbons (Fsp3) is 0.273. The van der Waals surface area contributed by atoms with Crippen LogP contribution < -0.4 is 5.32 Å². The monoisotopic (exact) mass is 237 g/mol. The van der Waals surface area contributed by atoms with Gasteiger partial charge in [0.05, 0.1) is 12.7 Å². The Kier molecular flexibility index (Phi) is 2.63. The van der Waals surface area contributed by atoms with E-state index in [-0.39, 0.29) is 5.91 Å². The van der Waals surface area contributed by atoms with Gasteiger partial charge >= 0.3 is 5.97 Å². The zero-order valence-electron chi connectivity index (χ0n) is 8.94. The fourth-order valence-corrected chi connectivity index (χ4v) is 2.73. The van der Waals surface area contributed by atoms with Crippen molar-refractivity contribution in [3.63, 3.8) is 0 Å². The number of nitrogens with one attached hydrogen (secondary N) is 1. The molecule has 0 aromatic heterocycles. The van der Waals surface area contributed by atoms with Crippen LogP contribution in [-0.4, -0.2) is 23.9 Å². The molecule has 1 unspecified atom stereocenters. The number of ether oxygens (including phenoxy) is 1. The first-order chi connectivity index (χ1) is 7.57. The van der Waals surface area contributed by atoms with E-state index in [1.165, 1.54) is 18.9 Å². The second-order valence-corrected chi connectivity index (χ2v) is 5.04. The molecular formula is C11H11NO3S. The molecule has 1 amide bonds. The first-order valence-electron chi connectivity index (χ1n) is 4.76. The molecule has 0 fully saturated rings. The Hall–Kier alpha value is -1.49. The van der Waals surface area contributed by atoms with Crippen LogP contribution >= 0.6 is 11.8 Å². The number of benzene rings is 1.